The van der Waals surface area contributed by atoms with Crippen LogP contribution in [0.25, 0.3) is 0 Å². The molecule has 3 heteroatoms. The summed E-state index contributed by atoms with van der Waals surface area (Å²) in [5.74, 6) is 0.820. The number of aryl methyl sites for hydroxylation is 1. The van der Waals surface area contributed by atoms with Crippen molar-refractivity contribution in [3.8, 4) is 5.75 Å². The molecule has 0 saturated heterocycles. The molecule has 2 aromatic carbocycles. The first-order valence-electron chi connectivity index (χ1n) is 6.86. The number of rotatable bonds is 2. The lowest BCUT2D eigenvalue weighted by atomic mass is 9.81. The number of ether oxygens (including phenoxy) is 1. The highest BCUT2D eigenvalue weighted by molar-refractivity contribution is 5.69. The zero-order valence-electron chi connectivity index (χ0n) is 11.8. The summed E-state index contributed by atoms with van der Waals surface area (Å²) in [5.41, 5.74) is 4.45. The van der Waals surface area contributed by atoms with Crippen LogP contribution in [0.2, 0.25) is 0 Å². The van der Waals surface area contributed by atoms with Crippen LogP contribution in [0.3, 0.4) is 0 Å². The van der Waals surface area contributed by atoms with Crippen LogP contribution in [0.5, 0.6) is 5.75 Å². The van der Waals surface area contributed by atoms with Crippen LogP contribution in [-0.2, 0) is 0 Å². The number of nitrogens with one attached hydrogen (secondary N) is 1. The molecule has 3 rings (SSSR count). The van der Waals surface area contributed by atoms with Crippen molar-refractivity contribution in [3.05, 3.63) is 59.2 Å². The summed E-state index contributed by atoms with van der Waals surface area (Å²) in [7, 11) is 1.68. The summed E-state index contributed by atoms with van der Waals surface area (Å²) in [6, 6.07) is 14.2. The normalized spacial score (nSPS) is 20.9. The van der Waals surface area contributed by atoms with Gasteiger partial charge in [0.25, 0.3) is 0 Å². The van der Waals surface area contributed by atoms with Crippen molar-refractivity contribution in [1.82, 2.24) is 0 Å². The van der Waals surface area contributed by atoms with Gasteiger partial charge in [-0.3, -0.25) is 0 Å². The Hall–Kier alpha value is -2.00. The molecule has 3 nitrogen and oxygen atoms in total. The van der Waals surface area contributed by atoms with Crippen LogP contribution in [0.4, 0.5) is 5.69 Å². The van der Waals surface area contributed by atoms with E-state index in [0.29, 0.717) is 6.54 Å². The first-order valence-corrected chi connectivity index (χ1v) is 6.86. The molecule has 0 fully saturated rings. The number of methoxy groups -OCH3 is 1. The van der Waals surface area contributed by atoms with Crippen LogP contribution in [0.1, 0.15) is 22.6 Å². The van der Waals surface area contributed by atoms with Crippen molar-refractivity contribution >= 4 is 5.69 Å². The predicted octanol–water partition coefficient (Wildman–Crippen LogP) is 2.92. The average Bonchev–Trinajstić information content (AvgIpc) is 2.49. The molecular formula is C17H19NO2. The maximum Gasteiger partial charge on any atom is 0.142 e. The van der Waals surface area contributed by atoms with Crippen molar-refractivity contribution in [2.75, 3.05) is 19.0 Å². The molecule has 20 heavy (non-hydrogen) atoms. The van der Waals surface area contributed by atoms with Crippen LogP contribution >= 0.6 is 0 Å². The maximum atomic E-state index is 10.5. The third kappa shape index (κ3) is 2.04. The minimum atomic E-state index is -0.435. The van der Waals surface area contributed by atoms with Gasteiger partial charge in [0.2, 0.25) is 0 Å². The number of fused-ring (bicyclic) bond motifs is 1. The topological polar surface area (TPSA) is 41.5 Å². The lowest BCUT2D eigenvalue weighted by Crippen LogP contribution is -2.33. The van der Waals surface area contributed by atoms with E-state index in [9.17, 15) is 5.11 Å². The number of hydrogen-bond donors (Lipinski definition) is 2. The van der Waals surface area contributed by atoms with E-state index in [0.717, 1.165) is 22.6 Å². The minimum Gasteiger partial charge on any atom is -0.495 e. The molecule has 2 aromatic rings. The third-order valence-electron chi connectivity index (χ3n) is 3.99. The summed E-state index contributed by atoms with van der Waals surface area (Å²) in [6.45, 7) is 2.61. The van der Waals surface area contributed by atoms with Crippen molar-refractivity contribution in [2.24, 2.45) is 0 Å². The van der Waals surface area contributed by atoms with E-state index in [2.05, 4.69) is 24.4 Å². The van der Waals surface area contributed by atoms with Gasteiger partial charge < -0.3 is 15.2 Å². The molecule has 104 valence electrons. The van der Waals surface area contributed by atoms with E-state index in [1.807, 2.05) is 30.3 Å². The second-order valence-corrected chi connectivity index (χ2v) is 5.21. The SMILES string of the molecule is COc1ccc(C)c2c1NC[C@@H](O)[C@@H]2c1ccccc1. The quantitative estimate of drug-likeness (QED) is 0.880. The monoisotopic (exact) mass is 269 g/mol. The highest BCUT2D eigenvalue weighted by Gasteiger charge is 2.32. The first kappa shape index (κ1) is 13.0. The van der Waals surface area contributed by atoms with Gasteiger partial charge in [0, 0.05) is 12.5 Å². The Morgan fingerprint density at radius 2 is 1.90 bits per heavy atom. The molecule has 0 amide bonds. The largest absolute Gasteiger partial charge is 0.495 e. The second kappa shape index (κ2) is 5.17. The van der Waals surface area contributed by atoms with Gasteiger partial charge in [0.05, 0.1) is 18.9 Å². The molecule has 2 N–H and O–H groups in total. The Morgan fingerprint density at radius 1 is 1.15 bits per heavy atom. The molecule has 0 aromatic heterocycles. The highest BCUT2D eigenvalue weighted by atomic mass is 16.5. The van der Waals surface area contributed by atoms with Crippen LogP contribution < -0.4 is 10.1 Å². The van der Waals surface area contributed by atoms with E-state index in [-0.39, 0.29) is 5.92 Å². The van der Waals surface area contributed by atoms with Crippen LogP contribution in [0.15, 0.2) is 42.5 Å². The summed E-state index contributed by atoms with van der Waals surface area (Å²) < 4.78 is 5.44. The molecule has 0 spiro atoms. The van der Waals surface area contributed by atoms with Crippen molar-refractivity contribution in [1.29, 1.82) is 0 Å². The fraction of sp³-hybridized carbons (Fsp3) is 0.294. The molecule has 1 aliphatic heterocycles. The average molecular weight is 269 g/mol. The predicted molar refractivity (Wildman–Crippen MR) is 80.5 cm³/mol. The maximum absolute atomic E-state index is 10.5. The Balaban J connectivity index is 2.19. The summed E-state index contributed by atoms with van der Waals surface area (Å²) in [5, 5.41) is 13.8. The summed E-state index contributed by atoms with van der Waals surface area (Å²) in [4.78, 5) is 0. The molecular weight excluding hydrogens is 250 g/mol. The minimum absolute atomic E-state index is 0.0115. The molecule has 0 saturated carbocycles. The van der Waals surface area contributed by atoms with E-state index < -0.39 is 6.10 Å². The fourth-order valence-electron chi connectivity index (χ4n) is 3.02. The van der Waals surface area contributed by atoms with Gasteiger partial charge >= 0.3 is 0 Å². The molecule has 1 heterocycles. The lowest BCUT2D eigenvalue weighted by Gasteiger charge is -2.34. The van der Waals surface area contributed by atoms with Gasteiger partial charge in [-0.1, -0.05) is 36.4 Å². The Kier molecular flexibility index (Phi) is 3.36. The highest BCUT2D eigenvalue weighted by Crippen LogP contribution is 2.43. The van der Waals surface area contributed by atoms with Gasteiger partial charge in [0.1, 0.15) is 5.75 Å². The molecule has 0 aliphatic carbocycles. The standard InChI is InChI=1S/C17H19NO2/c1-11-8-9-14(20-2)17-15(11)16(13(19)10-18-17)12-6-4-3-5-7-12/h3-9,13,16,18-19H,10H2,1-2H3/t13-,16+/m1/s1. The van der Waals surface area contributed by atoms with Crippen molar-refractivity contribution in [3.63, 3.8) is 0 Å². The molecule has 2 atom stereocenters. The van der Waals surface area contributed by atoms with E-state index >= 15 is 0 Å². The second-order valence-electron chi connectivity index (χ2n) is 5.21. The zero-order valence-corrected chi connectivity index (χ0v) is 11.8. The van der Waals surface area contributed by atoms with Crippen molar-refractivity contribution in [2.45, 2.75) is 18.9 Å². The number of β-amino-alcohol motifs (C(OH)–C–C–N with tert-alkyl or cyclic N) is 1. The molecule has 0 unspecified atom stereocenters. The summed E-state index contributed by atoms with van der Waals surface area (Å²) >= 11 is 0. The third-order valence-corrected chi connectivity index (χ3v) is 3.99. The fourth-order valence-corrected chi connectivity index (χ4v) is 3.02. The number of benzene rings is 2. The summed E-state index contributed by atoms with van der Waals surface area (Å²) in [6.07, 6.45) is -0.435. The number of anilines is 1. The van der Waals surface area contributed by atoms with Crippen molar-refractivity contribution < 1.29 is 9.84 Å². The van der Waals surface area contributed by atoms with Gasteiger partial charge in [-0.05, 0) is 29.7 Å². The van der Waals surface area contributed by atoms with Gasteiger partial charge in [-0.25, -0.2) is 0 Å². The van der Waals surface area contributed by atoms with E-state index in [1.54, 1.807) is 7.11 Å². The Labute approximate surface area is 119 Å². The molecule has 0 bridgehead atoms. The van der Waals surface area contributed by atoms with Gasteiger partial charge in [0.15, 0.2) is 0 Å². The smallest absolute Gasteiger partial charge is 0.142 e. The lowest BCUT2D eigenvalue weighted by molar-refractivity contribution is 0.165. The number of aliphatic hydroxyl groups is 1. The first-order chi connectivity index (χ1) is 9.72. The molecule has 1 aliphatic rings. The Bertz CT molecular complexity index is 610. The Morgan fingerprint density at radius 3 is 2.60 bits per heavy atom. The number of aliphatic hydroxyl groups excluding tert-OH is 1. The molecule has 0 radical (unpaired) electrons. The zero-order chi connectivity index (χ0) is 14.1. The van der Waals surface area contributed by atoms with E-state index in [4.69, 9.17) is 4.74 Å². The van der Waals surface area contributed by atoms with Gasteiger partial charge in [-0.2, -0.15) is 0 Å². The van der Waals surface area contributed by atoms with E-state index in [1.165, 1.54) is 5.56 Å². The number of hydrogen-bond acceptors (Lipinski definition) is 3. The van der Waals surface area contributed by atoms with Crippen LogP contribution in [0, 0.1) is 6.92 Å². The van der Waals surface area contributed by atoms with Crippen LogP contribution in [-0.4, -0.2) is 24.9 Å². The van der Waals surface area contributed by atoms with Gasteiger partial charge in [-0.15, -0.1) is 0 Å².